The molecule has 0 fully saturated rings. The lowest BCUT2D eigenvalue weighted by Crippen LogP contribution is -2.37. The molecule has 0 aliphatic heterocycles. The molecule has 0 aliphatic rings. The maximum Gasteiger partial charge on any atom is 0.224 e. The fraction of sp³-hybridized carbons (Fsp3) is 0.333. The molecule has 0 saturated carbocycles. The number of nitrogens with zero attached hydrogens (tertiary/aromatic N) is 1. The molecule has 7 heteroatoms. The van der Waals surface area contributed by atoms with Crippen LogP contribution in [0.1, 0.15) is 36.5 Å². The van der Waals surface area contributed by atoms with E-state index >= 15 is 0 Å². The van der Waals surface area contributed by atoms with Gasteiger partial charge in [0.1, 0.15) is 0 Å². The number of aliphatic imine (C=N–C) groups is 1. The lowest BCUT2D eigenvalue weighted by Gasteiger charge is -2.12. The Morgan fingerprint density at radius 1 is 1.10 bits per heavy atom. The molecule has 0 bridgehead atoms. The summed E-state index contributed by atoms with van der Waals surface area (Å²) in [6.45, 7) is 5.56. The lowest BCUT2D eigenvalue weighted by atomic mass is 10.1. The average molecular weight is 533 g/mol. The van der Waals surface area contributed by atoms with Crippen molar-refractivity contribution in [3.8, 4) is 0 Å². The molecule has 0 unspecified atom stereocenters. The molecule has 0 saturated heterocycles. The van der Waals surface area contributed by atoms with Gasteiger partial charge in [0, 0.05) is 49.3 Å². The normalized spacial score (nSPS) is 11.1. The van der Waals surface area contributed by atoms with Gasteiger partial charge in [-0.25, -0.2) is 0 Å². The highest BCUT2D eigenvalue weighted by Crippen LogP contribution is 2.19. The molecule has 3 aromatic rings. The van der Waals surface area contributed by atoms with Crippen LogP contribution < -0.4 is 16.0 Å². The molecule has 3 rings (SSSR count). The van der Waals surface area contributed by atoms with Crippen molar-refractivity contribution in [2.24, 2.45) is 4.99 Å². The number of benzene rings is 2. The largest absolute Gasteiger partial charge is 0.361 e. The van der Waals surface area contributed by atoms with Crippen molar-refractivity contribution in [1.29, 1.82) is 0 Å². The van der Waals surface area contributed by atoms with Gasteiger partial charge in [-0.05, 0) is 54.7 Å². The Morgan fingerprint density at radius 2 is 1.87 bits per heavy atom. The van der Waals surface area contributed by atoms with Crippen LogP contribution in [-0.4, -0.2) is 30.4 Å². The van der Waals surface area contributed by atoms with Crippen LogP contribution in [0, 0.1) is 6.92 Å². The van der Waals surface area contributed by atoms with Crippen molar-refractivity contribution < 1.29 is 4.79 Å². The number of carbonyl (C=O) groups is 1. The van der Waals surface area contributed by atoms with E-state index in [0.717, 1.165) is 36.6 Å². The number of nitrogens with one attached hydrogen (secondary N) is 4. The Bertz CT molecular complexity index is 1010. The Hall–Kier alpha value is -2.55. The highest BCUT2D eigenvalue weighted by atomic mass is 127. The van der Waals surface area contributed by atoms with Crippen LogP contribution >= 0.6 is 24.0 Å². The van der Waals surface area contributed by atoms with Crippen molar-refractivity contribution in [1.82, 2.24) is 15.6 Å². The van der Waals surface area contributed by atoms with E-state index in [-0.39, 0.29) is 29.9 Å². The second-order valence-electron chi connectivity index (χ2n) is 7.46. The second-order valence-corrected chi connectivity index (χ2v) is 7.46. The number of H-pyrrole nitrogens is 1. The molecular formula is C24H32IN5O. The molecule has 2 aromatic carbocycles. The first-order chi connectivity index (χ1) is 14.6. The Balaban J connectivity index is 0.00000341. The number of aryl methyl sites for hydroxylation is 1. The predicted molar refractivity (Wildman–Crippen MR) is 140 cm³/mol. The quantitative estimate of drug-likeness (QED) is 0.192. The number of aromatic amines is 1. The van der Waals surface area contributed by atoms with Crippen LogP contribution in [0.3, 0.4) is 0 Å². The molecule has 0 aliphatic carbocycles. The average Bonchev–Trinajstić information content (AvgIpc) is 3.13. The monoisotopic (exact) mass is 533 g/mol. The van der Waals surface area contributed by atoms with E-state index in [1.165, 1.54) is 22.0 Å². The van der Waals surface area contributed by atoms with E-state index < -0.39 is 0 Å². The molecule has 1 amide bonds. The molecule has 0 radical (unpaired) electrons. The van der Waals surface area contributed by atoms with E-state index in [4.69, 9.17) is 0 Å². The van der Waals surface area contributed by atoms with Crippen LogP contribution in [0.15, 0.2) is 53.7 Å². The van der Waals surface area contributed by atoms with Crippen molar-refractivity contribution in [2.45, 2.75) is 39.7 Å². The van der Waals surface area contributed by atoms with E-state index in [0.29, 0.717) is 13.0 Å². The fourth-order valence-electron chi connectivity index (χ4n) is 3.39. The summed E-state index contributed by atoms with van der Waals surface area (Å²) in [5, 5.41) is 10.9. The van der Waals surface area contributed by atoms with Crippen molar-refractivity contribution in [3.63, 3.8) is 0 Å². The fourth-order valence-corrected chi connectivity index (χ4v) is 3.39. The van der Waals surface area contributed by atoms with E-state index in [9.17, 15) is 4.79 Å². The summed E-state index contributed by atoms with van der Waals surface area (Å²) in [5.41, 5.74) is 5.69. The van der Waals surface area contributed by atoms with Gasteiger partial charge in [-0.15, -0.1) is 24.0 Å². The summed E-state index contributed by atoms with van der Waals surface area (Å²) in [6.07, 6.45) is 4.39. The smallest absolute Gasteiger partial charge is 0.224 e. The van der Waals surface area contributed by atoms with Crippen LogP contribution in [0.4, 0.5) is 5.69 Å². The van der Waals surface area contributed by atoms with Crippen LogP contribution in [0.2, 0.25) is 0 Å². The number of rotatable bonds is 8. The Morgan fingerprint density at radius 3 is 2.58 bits per heavy atom. The van der Waals surface area contributed by atoms with Gasteiger partial charge in [0.25, 0.3) is 0 Å². The molecule has 1 aromatic heterocycles. The summed E-state index contributed by atoms with van der Waals surface area (Å²) in [4.78, 5) is 19.3. The molecular weight excluding hydrogens is 501 g/mol. The highest BCUT2D eigenvalue weighted by Gasteiger charge is 2.05. The number of amides is 1. The van der Waals surface area contributed by atoms with Gasteiger partial charge in [0.05, 0.1) is 0 Å². The van der Waals surface area contributed by atoms with E-state index in [1.807, 2.05) is 31.2 Å². The Kier molecular flexibility index (Phi) is 9.84. The third-order valence-electron chi connectivity index (χ3n) is 5.01. The summed E-state index contributed by atoms with van der Waals surface area (Å²) in [6, 6.07) is 14.4. The zero-order valence-corrected chi connectivity index (χ0v) is 20.7. The van der Waals surface area contributed by atoms with Gasteiger partial charge in [-0.3, -0.25) is 9.79 Å². The van der Waals surface area contributed by atoms with Gasteiger partial charge in [0.15, 0.2) is 5.96 Å². The number of hydrogen-bond donors (Lipinski definition) is 4. The minimum Gasteiger partial charge on any atom is -0.361 e. The first-order valence-corrected chi connectivity index (χ1v) is 10.5. The number of halogens is 1. The van der Waals surface area contributed by atoms with E-state index in [1.54, 1.807) is 7.05 Å². The maximum absolute atomic E-state index is 11.7. The van der Waals surface area contributed by atoms with Crippen molar-refractivity contribution in [2.75, 3.05) is 18.9 Å². The van der Waals surface area contributed by atoms with Crippen LogP contribution in [0.5, 0.6) is 0 Å². The Labute approximate surface area is 201 Å². The third kappa shape index (κ3) is 7.27. The first-order valence-electron chi connectivity index (χ1n) is 10.5. The summed E-state index contributed by atoms with van der Waals surface area (Å²) in [5.74, 6) is 0.823. The maximum atomic E-state index is 11.7. The molecule has 166 valence electrons. The third-order valence-corrected chi connectivity index (χ3v) is 5.01. The van der Waals surface area contributed by atoms with Gasteiger partial charge < -0.3 is 20.9 Å². The molecule has 6 nitrogen and oxygen atoms in total. The highest BCUT2D eigenvalue weighted by molar-refractivity contribution is 14.0. The zero-order chi connectivity index (χ0) is 21.3. The minimum absolute atomic E-state index is 0. The minimum atomic E-state index is 0. The van der Waals surface area contributed by atoms with E-state index in [2.05, 4.69) is 57.2 Å². The summed E-state index contributed by atoms with van der Waals surface area (Å²) in [7, 11) is 1.77. The number of anilines is 1. The summed E-state index contributed by atoms with van der Waals surface area (Å²) < 4.78 is 0. The standard InChI is InChI=1S/C24H31N5O.HI/c1-4-5-23(30)29-20-9-7-18(8-10-20)15-28-24(25-3)26-13-12-19-16-27-22-14-17(2)6-11-21(19)22;/h6-11,14,16,27H,4-5,12-13,15H2,1-3H3,(H,29,30)(H2,25,26,28);1H. The van der Waals surface area contributed by atoms with Gasteiger partial charge in [-0.2, -0.15) is 0 Å². The lowest BCUT2D eigenvalue weighted by molar-refractivity contribution is -0.116. The van der Waals surface area contributed by atoms with Gasteiger partial charge in [0.2, 0.25) is 5.91 Å². The van der Waals surface area contributed by atoms with Crippen molar-refractivity contribution >= 4 is 52.4 Å². The number of hydrogen-bond acceptors (Lipinski definition) is 2. The molecule has 0 spiro atoms. The van der Waals surface area contributed by atoms with Gasteiger partial charge >= 0.3 is 0 Å². The zero-order valence-electron chi connectivity index (χ0n) is 18.4. The summed E-state index contributed by atoms with van der Waals surface area (Å²) >= 11 is 0. The molecule has 0 atom stereocenters. The number of carbonyl (C=O) groups excluding carboxylic acids is 1. The predicted octanol–water partition coefficient (Wildman–Crippen LogP) is 4.74. The topological polar surface area (TPSA) is 81.3 Å². The van der Waals surface area contributed by atoms with Crippen LogP contribution in [0.25, 0.3) is 10.9 Å². The second kappa shape index (κ2) is 12.3. The molecule has 1 heterocycles. The SMILES string of the molecule is CCCC(=O)Nc1ccc(CNC(=NC)NCCc2c[nH]c3cc(C)ccc23)cc1.I. The van der Waals surface area contributed by atoms with Crippen LogP contribution in [-0.2, 0) is 17.8 Å². The molecule has 4 N–H and O–H groups in total. The first kappa shape index (κ1) is 24.7. The number of guanidine groups is 1. The molecule has 31 heavy (non-hydrogen) atoms. The number of aromatic nitrogens is 1. The van der Waals surface area contributed by atoms with Crippen molar-refractivity contribution in [3.05, 3.63) is 65.4 Å². The number of fused-ring (bicyclic) bond motifs is 1. The van der Waals surface area contributed by atoms with Gasteiger partial charge in [-0.1, -0.05) is 31.2 Å².